The smallest absolute Gasteiger partial charge is 0.255 e. The Balaban J connectivity index is 0.000000677. The Morgan fingerprint density at radius 2 is 1.85 bits per heavy atom. The molecular weight excluding hydrogens is 530 g/mol. The Hall–Kier alpha value is -3.79. The van der Waals surface area contributed by atoms with E-state index in [9.17, 15) is 4.79 Å². The summed E-state index contributed by atoms with van der Waals surface area (Å²) < 4.78 is 14.5. The molecule has 1 saturated carbocycles. The largest absolute Gasteiger partial charge is 0.493 e. The van der Waals surface area contributed by atoms with Gasteiger partial charge in [0.15, 0.2) is 17.3 Å². The van der Waals surface area contributed by atoms with Crippen LogP contribution in [0.4, 0.5) is 11.6 Å². The van der Waals surface area contributed by atoms with Crippen molar-refractivity contribution in [3.05, 3.63) is 53.8 Å². The predicted molar refractivity (Wildman–Crippen MR) is 160 cm³/mol. The Morgan fingerprint density at radius 1 is 1.12 bits per heavy atom. The molecule has 1 aromatic carbocycles. The SMILES string of the molecule is CC.CCCC.COc1cc(-n2cnc(Nc3nc(Cl)nn4cccc34)c2)cc(C(=O)NC2CCCC2)c1OC. The second kappa shape index (κ2) is 15.1. The van der Waals surface area contributed by atoms with Crippen LogP contribution >= 0.6 is 11.6 Å². The number of imidazole rings is 1. The van der Waals surface area contributed by atoms with Crippen LogP contribution in [0.2, 0.25) is 5.28 Å². The fourth-order valence-electron chi connectivity index (χ4n) is 4.25. The third kappa shape index (κ3) is 7.44. The monoisotopic (exact) mass is 569 g/mol. The fourth-order valence-corrected chi connectivity index (χ4v) is 4.42. The highest BCUT2D eigenvalue weighted by atomic mass is 35.5. The van der Waals surface area contributed by atoms with Crippen molar-refractivity contribution in [2.45, 2.75) is 72.3 Å². The molecule has 4 aromatic rings. The molecule has 3 heterocycles. The number of fused-ring (bicyclic) bond motifs is 1. The molecule has 0 unspecified atom stereocenters. The summed E-state index contributed by atoms with van der Waals surface area (Å²) in [5.41, 5.74) is 1.86. The molecule has 1 aliphatic rings. The first-order valence-electron chi connectivity index (χ1n) is 13.9. The number of amides is 1. The van der Waals surface area contributed by atoms with E-state index in [-0.39, 0.29) is 17.2 Å². The average Bonchev–Trinajstić information content (AvgIpc) is 3.76. The lowest BCUT2D eigenvalue weighted by Gasteiger charge is -2.17. The minimum atomic E-state index is -0.186. The number of benzene rings is 1. The highest BCUT2D eigenvalue weighted by Gasteiger charge is 2.23. The van der Waals surface area contributed by atoms with Crippen molar-refractivity contribution in [1.29, 1.82) is 0 Å². The fraction of sp³-hybridized carbons (Fsp3) is 0.448. The van der Waals surface area contributed by atoms with Gasteiger partial charge < -0.3 is 24.7 Å². The van der Waals surface area contributed by atoms with Gasteiger partial charge in [-0.25, -0.2) is 9.50 Å². The van der Waals surface area contributed by atoms with Crippen molar-refractivity contribution in [1.82, 2.24) is 29.5 Å². The quantitative estimate of drug-likeness (QED) is 0.239. The molecule has 1 aliphatic carbocycles. The molecule has 2 N–H and O–H groups in total. The molecule has 0 aliphatic heterocycles. The summed E-state index contributed by atoms with van der Waals surface area (Å²) in [4.78, 5) is 21.8. The van der Waals surface area contributed by atoms with Crippen LogP contribution < -0.4 is 20.1 Å². The number of methoxy groups -OCH3 is 2. The highest BCUT2D eigenvalue weighted by molar-refractivity contribution is 6.28. The topological polar surface area (TPSA) is 108 Å². The number of halogens is 1. The Labute approximate surface area is 241 Å². The van der Waals surface area contributed by atoms with Crippen LogP contribution in [0.1, 0.15) is 76.6 Å². The van der Waals surface area contributed by atoms with E-state index >= 15 is 0 Å². The van der Waals surface area contributed by atoms with Crippen LogP contribution in [0.25, 0.3) is 11.2 Å². The summed E-state index contributed by atoms with van der Waals surface area (Å²) in [6.07, 6.45) is 12.1. The molecule has 1 fully saturated rings. The number of ether oxygens (including phenoxy) is 2. The predicted octanol–water partition coefficient (Wildman–Crippen LogP) is 6.83. The van der Waals surface area contributed by atoms with E-state index < -0.39 is 0 Å². The summed E-state index contributed by atoms with van der Waals surface area (Å²) in [6.45, 7) is 8.36. The first-order chi connectivity index (χ1) is 19.5. The molecular formula is C29H40ClN7O3. The summed E-state index contributed by atoms with van der Waals surface area (Å²) in [7, 11) is 3.07. The van der Waals surface area contributed by atoms with Crippen molar-refractivity contribution in [3.8, 4) is 17.2 Å². The number of aromatic nitrogens is 5. The van der Waals surface area contributed by atoms with E-state index in [1.54, 1.807) is 47.0 Å². The van der Waals surface area contributed by atoms with Gasteiger partial charge in [-0.15, -0.1) is 5.10 Å². The van der Waals surface area contributed by atoms with Crippen molar-refractivity contribution in [2.75, 3.05) is 19.5 Å². The Morgan fingerprint density at radius 3 is 2.50 bits per heavy atom. The molecule has 10 nitrogen and oxygen atoms in total. The highest BCUT2D eigenvalue weighted by Crippen LogP contribution is 2.35. The molecule has 0 saturated heterocycles. The van der Waals surface area contributed by atoms with E-state index in [0.717, 1.165) is 31.2 Å². The number of nitrogens with zero attached hydrogens (tertiary/aromatic N) is 5. The van der Waals surface area contributed by atoms with Crippen LogP contribution in [0, 0.1) is 0 Å². The molecule has 216 valence electrons. The lowest BCUT2D eigenvalue weighted by Crippen LogP contribution is -2.33. The Kier molecular flexibility index (Phi) is 11.6. The lowest BCUT2D eigenvalue weighted by atomic mass is 10.1. The summed E-state index contributed by atoms with van der Waals surface area (Å²) in [5.74, 6) is 1.74. The minimum Gasteiger partial charge on any atom is -0.493 e. The zero-order valence-electron chi connectivity index (χ0n) is 24.2. The van der Waals surface area contributed by atoms with Crippen LogP contribution in [0.5, 0.6) is 11.5 Å². The van der Waals surface area contributed by atoms with Crippen LogP contribution in [-0.4, -0.2) is 50.3 Å². The van der Waals surface area contributed by atoms with Gasteiger partial charge in [-0.05, 0) is 42.6 Å². The van der Waals surface area contributed by atoms with Gasteiger partial charge in [-0.3, -0.25) is 4.79 Å². The third-order valence-electron chi connectivity index (χ3n) is 6.39. The standard InChI is InChI=1S/C23H24ClN7O3.C4H10.C2H6/c1-33-18-11-15(10-16(20(18)34-2)22(32)26-14-6-3-4-7-14)30-12-19(25-13-30)27-21-17-8-5-9-31(17)29-23(24)28-21;1-3-4-2;1-2/h5,8-14H,3-4,6-7H2,1-2H3,(H,26,32)(H,27,28,29);3-4H2,1-2H3;1-2H3. The number of hydrogen-bond donors (Lipinski definition) is 2. The molecule has 0 atom stereocenters. The van der Waals surface area contributed by atoms with Gasteiger partial charge in [-0.2, -0.15) is 4.98 Å². The van der Waals surface area contributed by atoms with Gasteiger partial charge in [0.05, 0.1) is 31.7 Å². The van der Waals surface area contributed by atoms with Crippen molar-refractivity contribution < 1.29 is 14.3 Å². The summed E-state index contributed by atoms with van der Waals surface area (Å²) >= 11 is 6.05. The van der Waals surface area contributed by atoms with Gasteiger partial charge in [0.1, 0.15) is 17.7 Å². The number of hydrogen-bond acceptors (Lipinski definition) is 7. The van der Waals surface area contributed by atoms with Gasteiger partial charge in [0.25, 0.3) is 5.91 Å². The number of carbonyl (C=O) groups is 1. The van der Waals surface area contributed by atoms with E-state index in [2.05, 4.69) is 39.5 Å². The van der Waals surface area contributed by atoms with Crippen LogP contribution in [-0.2, 0) is 0 Å². The molecule has 0 bridgehead atoms. The van der Waals surface area contributed by atoms with Crippen molar-refractivity contribution in [2.24, 2.45) is 0 Å². The normalized spacial score (nSPS) is 12.7. The summed E-state index contributed by atoms with van der Waals surface area (Å²) in [5, 5.41) is 10.5. The van der Waals surface area contributed by atoms with E-state index in [0.29, 0.717) is 34.4 Å². The maximum atomic E-state index is 13.1. The molecule has 3 aromatic heterocycles. The van der Waals surface area contributed by atoms with Gasteiger partial charge in [0, 0.05) is 18.3 Å². The number of carbonyl (C=O) groups excluding carboxylic acids is 1. The van der Waals surface area contributed by atoms with Gasteiger partial charge in [-0.1, -0.05) is 53.4 Å². The van der Waals surface area contributed by atoms with E-state index in [1.165, 1.54) is 20.0 Å². The van der Waals surface area contributed by atoms with Crippen molar-refractivity contribution in [3.63, 3.8) is 0 Å². The first-order valence-corrected chi connectivity index (χ1v) is 14.2. The number of rotatable bonds is 8. The van der Waals surface area contributed by atoms with Crippen LogP contribution in [0.15, 0.2) is 43.0 Å². The van der Waals surface area contributed by atoms with Gasteiger partial charge >= 0.3 is 0 Å². The third-order valence-corrected chi connectivity index (χ3v) is 6.55. The zero-order chi connectivity index (χ0) is 29.1. The molecule has 11 heteroatoms. The second-order valence-electron chi connectivity index (χ2n) is 9.04. The maximum Gasteiger partial charge on any atom is 0.255 e. The number of anilines is 2. The lowest BCUT2D eigenvalue weighted by molar-refractivity contribution is 0.0934. The van der Waals surface area contributed by atoms with Crippen molar-refractivity contribution >= 4 is 34.7 Å². The maximum absolute atomic E-state index is 13.1. The zero-order valence-corrected chi connectivity index (χ0v) is 25.0. The molecule has 0 spiro atoms. The van der Waals surface area contributed by atoms with Crippen LogP contribution in [0.3, 0.4) is 0 Å². The molecule has 5 rings (SSSR count). The first kappa shape index (κ1) is 30.7. The summed E-state index contributed by atoms with van der Waals surface area (Å²) in [6, 6.07) is 7.47. The van der Waals surface area contributed by atoms with Gasteiger partial charge in [0.2, 0.25) is 5.28 Å². The average molecular weight is 570 g/mol. The molecule has 0 radical (unpaired) electrons. The molecule has 40 heavy (non-hydrogen) atoms. The second-order valence-corrected chi connectivity index (χ2v) is 9.38. The molecule has 1 amide bonds. The Bertz CT molecular complexity index is 1380. The van der Waals surface area contributed by atoms with E-state index in [4.69, 9.17) is 21.1 Å². The number of unbranched alkanes of at least 4 members (excludes halogenated alkanes) is 1. The van der Waals surface area contributed by atoms with E-state index in [1.807, 2.05) is 26.0 Å². The number of nitrogens with one attached hydrogen (secondary N) is 2. The minimum absolute atomic E-state index is 0.114.